The average Bonchev–Trinajstić information content (AvgIpc) is 2.60. The van der Waals surface area contributed by atoms with Crippen molar-refractivity contribution in [2.45, 2.75) is 12.7 Å². The van der Waals surface area contributed by atoms with Crippen molar-refractivity contribution in [2.24, 2.45) is 0 Å². The van der Waals surface area contributed by atoms with Crippen LogP contribution in [0.3, 0.4) is 0 Å². The molecule has 0 atom stereocenters. The van der Waals surface area contributed by atoms with Crippen LogP contribution in [-0.2, 0) is 12.7 Å². The first-order chi connectivity index (χ1) is 11.9. The molecule has 0 saturated carbocycles. The molecule has 0 amide bonds. The van der Waals surface area contributed by atoms with Crippen molar-refractivity contribution in [3.63, 3.8) is 0 Å². The zero-order valence-corrected chi connectivity index (χ0v) is 12.8. The van der Waals surface area contributed by atoms with Gasteiger partial charge >= 0.3 is 6.18 Å². The van der Waals surface area contributed by atoms with E-state index in [0.29, 0.717) is 6.54 Å². The number of nitrogens with one attached hydrogen (secondary N) is 1. The van der Waals surface area contributed by atoms with Gasteiger partial charge in [0.2, 0.25) is 11.9 Å². The normalized spacial score (nSPS) is 11.3. The topological polar surface area (TPSA) is 89.6 Å². The summed E-state index contributed by atoms with van der Waals surface area (Å²) >= 11 is 0. The number of pyridine rings is 1. The fourth-order valence-electron chi connectivity index (χ4n) is 2.08. The van der Waals surface area contributed by atoms with Gasteiger partial charge in [0.15, 0.2) is 5.82 Å². The van der Waals surface area contributed by atoms with Gasteiger partial charge in [0.25, 0.3) is 0 Å². The molecule has 0 fully saturated rings. The fraction of sp³-hybridized carbons (Fsp3) is 0.125. The summed E-state index contributed by atoms with van der Waals surface area (Å²) in [5, 5.41) is 2.96. The van der Waals surface area contributed by atoms with Crippen molar-refractivity contribution < 1.29 is 13.2 Å². The van der Waals surface area contributed by atoms with Crippen LogP contribution in [0.15, 0.2) is 48.5 Å². The number of hydrogen-bond donors (Lipinski definition) is 2. The van der Waals surface area contributed by atoms with Crippen molar-refractivity contribution in [2.75, 3.05) is 11.1 Å². The standard InChI is InChI=1S/C16H13F3N6/c17-16(18,19)12-8-4-7-11(22-12)13-23-14(20)25-15(24-13)21-9-10-5-2-1-3-6-10/h1-8H,9H2,(H3,20,21,23,24,25). The Balaban J connectivity index is 1.87. The molecule has 0 aliphatic heterocycles. The number of anilines is 2. The Hall–Kier alpha value is -3.23. The van der Waals surface area contributed by atoms with Gasteiger partial charge in [-0.1, -0.05) is 36.4 Å². The Bertz CT molecular complexity index is 867. The molecule has 6 nitrogen and oxygen atoms in total. The van der Waals surface area contributed by atoms with Crippen LogP contribution in [0.25, 0.3) is 11.5 Å². The van der Waals surface area contributed by atoms with E-state index in [1.807, 2.05) is 30.3 Å². The Kier molecular flexibility index (Phi) is 4.46. The van der Waals surface area contributed by atoms with Crippen molar-refractivity contribution in [1.82, 2.24) is 19.9 Å². The number of nitrogen functional groups attached to an aromatic ring is 1. The lowest BCUT2D eigenvalue weighted by Gasteiger charge is -2.09. The Labute approximate surface area is 141 Å². The molecule has 0 bridgehead atoms. The van der Waals surface area contributed by atoms with Gasteiger partial charge in [-0.25, -0.2) is 4.98 Å². The third-order valence-electron chi connectivity index (χ3n) is 3.21. The van der Waals surface area contributed by atoms with Gasteiger partial charge < -0.3 is 11.1 Å². The SMILES string of the molecule is Nc1nc(NCc2ccccc2)nc(-c2cccc(C(F)(F)F)n2)n1. The van der Waals surface area contributed by atoms with Gasteiger partial charge in [-0.3, -0.25) is 0 Å². The number of hydrogen-bond acceptors (Lipinski definition) is 6. The Morgan fingerprint density at radius 1 is 0.880 bits per heavy atom. The van der Waals surface area contributed by atoms with Crippen molar-refractivity contribution in [3.8, 4) is 11.5 Å². The fourth-order valence-corrected chi connectivity index (χ4v) is 2.08. The number of nitrogens with zero attached hydrogens (tertiary/aromatic N) is 4. The largest absolute Gasteiger partial charge is 0.433 e. The lowest BCUT2D eigenvalue weighted by Crippen LogP contribution is -2.11. The third-order valence-corrected chi connectivity index (χ3v) is 3.21. The van der Waals surface area contributed by atoms with E-state index in [0.717, 1.165) is 11.6 Å². The van der Waals surface area contributed by atoms with Gasteiger partial charge in [0.05, 0.1) is 0 Å². The van der Waals surface area contributed by atoms with Crippen LogP contribution in [0.4, 0.5) is 25.1 Å². The monoisotopic (exact) mass is 346 g/mol. The molecule has 0 spiro atoms. The molecular formula is C16H13F3N6. The van der Waals surface area contributed by atoms with E-state index in [1.165, 1.54) is 12.1 Å². The minimum atomic E-state index is -4.55. The van der Waals surface area contributed by atoms with Gasteiger partial charge in [-0.05, 0) is 17.7 Å². The number of aromatic nitrogens is 4. The Morgan fingerprint density at radius 3 is 2.36 bits per heavy atom. The maximum atomic E-state index is 12.8. The molecule has 3 rings (SSSR count). The first-order valence-corrected chi connectivity index (χ1v) is 7.26. The lowest BCUT2D eigenvalue weighted by atomic mass is 10.2. The van der Waals surface area contributed by atoms with Crippen LogP contribution in [0.5, 0.6) is 0 Å². The predicted molar refractivity (Wildman–Crippen MR) is 86.2 cm³/mol. The first-order valence-electron chi connectivity index (χ1n) is 7.26. The number of halogens is 3. The highest BCUT2D eigenvalue weighted by Crippen LogP contribution is 2.28. The molecule has 2 aromatic heterocycles. The molecule has 128 valence electrons. The summed E-state index contributed by atoms with van der Waals surface area (Å²) in [5.41, 5.74) is 5.56. The minimum Gasteiger partial charge on any atom is -0.368 e. The molecule has 25 heavy (non-hydrogen) atoms. The lowest BCUT2D eigenvalue weighted by molar-refractivity contribution is -0.141. The molecule has 0 unspecified atom stereocenters. The number of benzene rings is 1. The van der Waals surface area contributed by atoms with Crippen LogP contribution in [0, 0.1) is 0 Å². The molecule has 3 N–H and O–H groups in total. The quantitative estimate of drug-likeness (QED) is 0.754. The molecule has 9 heteroatoms. The summed E-state index contributed by atoms with van der Waals surface area (Å²) in [6.07, 6.45) is -4.55. The first kappa shape index (κ1) is 16.6. The van der Waals surface area contributed by atoms with Crippen molar-refractivity contribution >= 4 is 11.9 Å². The Morgan fingerprint density at radius 2 is 1.64 bits per heavy atom. The van der Waals surface area contributed by atoms with E-state index in [-0.39, 0.29) is 23.4 Å². The van der Waals surface area contributed by atoms with Crippen molar-refractivity contribution in [3.05, 3.63) is 59.8 Å². The maximum absolute atomic E-state index is 12.8. The van der Waals surface area contributed by atoms with Gasteiger partial charge in [0.1, 0.15) is 11.4 Å². The third kappa shape index (κ3) is 4.19. The van der Waals surface area contributed by atoms with E-state index in [2.05, 4.69) is 25.3 Å². The van der Waals surface area contributed by atoms with E-state index in [9.17, 15) is 13.2 Å². The maximum Gasteiger partial charge on any atom is 0.433 e. The van der Waals surface area contributed by atoms with Crippen LogP contribution < -0.4 is 11.1 Å². The minimum absolute atomic E-state index is 0.0332. The average molecular weight is 346 g/mol. The van der Waals surface area contributed by atoms with Gasteiger partial charge in [0, 0.05) is 6.54 Å². The van der Waals surface area contributed by atoms with Crippen LogP contribution in [0.1, 0.15) is 11.3 Å². The predicted octanol–water partition coefficient (Wildman–Crippen LogP) is 3.15. The summed E-state index contributed by atoms with van der Waals surface area (Å²) in [6, 6.07) is 13.0. The van der Waals surface area contributed by atoms with E-state index < -0.39 is 11.9 Å². The van der Waals surface area contributed by atoms with E-state index in [1.54, 1.807) is 0 Å². The zero-order chi connectivity index (χ0) is 17.9. The second kappa shape index (κ2) is 6.71. The van der Waals surface area contributed by atoms with Crippen molar-refractivity contribution in [1.29, 1.82) is 0 Å². The van der Waals surface area contributed by atoms with Crippen LogP contribution in [-0.4, -0.2) is 19.9 Å². The molecule has 0 aliphatic rings. The molecule has 0 aliphatic carbocycles. The summed E-state index contributed by atoms with van der Waals surface area (Å²) in [4.78, 5) is 15.5. The molecule has 0 radical (unpaired) electrons. The van der Waals surface area contributed by atoms with Gasteiger partial charge in [-0.15, -0.1) is 0 Å². The number of nitrogens with two attached hydrogens (primary N) is 1. The smallest absolute Gasteiger partial charge is 0.368 e. The highest BCUT2D eigenvalue weighted by molar-refractivity contribution is 5.53. The molecule has 0 saturated heterocycles. The number of rotatable bonds is 4. The summed E-state index contributed by atoms with van der Waals surface area (Å²) in [6.45, 7) is 0.430. The summed E-state index contributed by atoms with van der Waals surface area (Å²) in [7, 11) is 0. The summed E-state index contributed by atoms with van der Waals surface area (Å²) in [5.74, 6) is 0.0134. The highest BCUT2D eigenvalue weighted by Gasteiger charge is 2.32. The van der Waals surface area contributed by atoms with E-state index in [4.69, 9.17) is 5.73 Å². The molecule has 2 heterocycles. The molecule has 3 aromatic rings. The second-order valence-electron chi connectivity index (χ2n) is 5.09. The second-order valence-corrected chi connectivity index (χ2v) is 5.09. The molecule has 1 aromatic carbocycles. The highest BCUT2D eigenvalue weighted by atomic mass is 19.4. The van der Waals surface area contributed by atoms with Crippen LogP contribution in [0.2, 0.25) is 0 Å². The number of alkyl halides is 3. The summed E-state index contributed by atoms with van der Waals surface area (Å²) < 4.78 is 38.4. The zero-order valence-electron chi connectivity index (χ0n) is 12.8. The van der Waals surface area contributed by atoms with Gasteiger partial charge in [-0.2, -0.15) is 28.1 Å². The van der Waals surface area contributed by atoms with E-state index >= 15 is 0 Å². The molecular weight excluding hydrogens is 333 g/mol. The van der Waals surface area contributed by atoms with Crippen LogP contribution >= 0.6 is 0 Å².